The van der Waals surface area contributed by atoms with Crippen molar-refractivity contribution in [3.63, 3.8) is 0 Å². The van der Waals surface area contributed by atoms with Crippen molar-refractivity contribution in [2.75, 3.05) is 16.8 Å². The fraction of sp³-hybridized carbons (Fsp3) is 0.233. The first kappa shape index (κ1) is 38.4. The van der Waals surface area contributed by atoms with Gasteiger partial charge in [0.2, 0.25) is 17.0 Å². The van der Waals surface area contributed by atoms with Gasteiger partial charge in [-0.15, -0.1) is 5.10 Å². The zero-order chi connectivity index (χ0) is 38.7. The van der Waals surface area contributed by atoms with Crippen LogP contribution in [0.15, 0.2) is 133 Å². The third-order valence-corrected chi connectivity index (χ3v) is 10.5. The van der Waals surface area contributed by atoms with Crippen molar-refractivity contribution in [2.24, 2.45) is 0 Å². The lowest BCUT2D eigenvalue weighted by atomic mass is 9.99. The van der Waals surface area contributed by atoms with Crippen LogP contribution in [-0.4, -0.2) is 49.0 Å². The van der Waals surface area contributed by atoms with E-state index in [0.29, 0.717) is 41.7 Å². The largest absolute Gasteiger partial charge is 0.397 e. The summed E-state index contributed by atoms with van der Waals surface area (Å²) in [6.45, 7) is 0.330. The molecule has 2 amide bonds. The Morgan fingerprint density at radius 3 is 2.36 bits per heavy atom. The molecule has 1 saturated heterocycles. The molecule has 0 aliphatic carbocycles. The molecule has 1 aliphatic rings. The van der Waals surface area contributed by atoms with E-state index in [9.17, 15) is 14.7 Å². The molecule has 1 aromatic heterocycles. The molecule has 56 heavy (non-hydrogen) atoms. The second kappa shape index (κ2) is 18.7. The van der Waals surface area contributed by atoms with Crippen molar-refractivity contribution in [2.45, 2.75) is 62.5 Å². The quantitative estimate of drug-likeness (QED) is 0.0622. The van der Waals surface area contributed by atoms with E-state index in [4.69, 9.17) is 15.2 Å². The summed E-state index contributed by atoms with van der Waals surface area (Å²) in [7, 11) is 0. The lowest BCUT2D eigenvalue weighted by Crippen LogP contribution is -2.31. The molecule has 2 heterocycles. The fourth-order valence-electron chi connectivity index (χ4n) is 6.44. The van der Waals surface area contributed by atoms with Crippen molar-refractivity contribution < 1.29 is 24.2 Å². The van der Waals surface area contributed by atoms with Crippen LogP contribution in [0.25, 0.3) is 16.8 Å². The number of nitrogen functional groups attached to an aromatic ring is 1. The topological polar surface area (TPSA) is 167 Å². The molecule has 1 fully saturated rings. The Morgan fingerprint density at radius 2 is 1.55 bits per heavy atom. The Kier molecular flexibility index (Phi) is 12.8. The predicted molar refractivity (Wildman–Crippen MR) is 215 cm³/mol. The summed E-state index contributed by atoms with van der Waals surface area (Å²) in [5.41, 5.74) is 13.5. The highest BCUT2D eigenvalue weighted by atomic mass is 32.2. The number of ether oxygens (including phenoxy) is 2. The number of amides is 2. The first-order valence-corrected chi connectivity index (χ1v) is 19.5. The minimum absolute atomic E-state index is 0.0283. The molecule has 3 unspecified atom stereocenters. The van der Waals surface area contributed by atoms with Gasteiger partial charge in [0, 0.05) is 37.1 Å². The van der Waals surface area contributed by atoms with Crippen molar-refractivity contribution in [3.05, 3.63) is 150 Å². The number of thioether (sulfide) groups is 1. The van der Waals surface area contributed by atoms with Gasteiger partial charge in [-0.3, -0.25) is 9.59 Å². The van der Waals surface area contributed by atoms with Gasteiger partial charge in [0.05, 0.1) is 35.9 Å². The van der Waals surface area contributed by atoms with Crippen LogP contribution in [-0.2, 0) is 32.2 Å². The SMILES string of the molecule is Nc1ccccc1NC(=O)CCCC(=O)NCc1cccc(-c2cccc(C3OC(CSc4nnnn4-c4ccccc4)CC(c4ccc(CO)cc4)O3)c2)c1. The van der Waals surface area contributed by atoms with Crippen LogP contribution in [0.4, 0.5) is 11.4 Å². The van der Waals surface area contributed by atoms with Gasteiger partial charge in [0.15, 0.2) is 6.29 Å². The molecule has 1 aliphatic heterocycles. The summed E-state index contributed by atoms with van der Waals surface area (Å²) in [6, 6.07) is 40.8. The van der Waals surface area contributed by atoms with Crippen molar-refractivity contribution in [3.8, 4) is 16.8 Å². The molecule has 5 aromatic carbocycles. The second-order valence-corrected chi connectivity index (χ2v) is 14.4. The standard InChI is InChI=1S/C43H43N7O5S/c44-37-15-4-5-16-38(37)46-41(53)18-8-17-40(52)45-26-30-9-6-10-32(23-30)33-11-7-12-34(24-33)42-54-36(25-39(55-42)31-21-19-29(27-51)20-22-31)28-56-43-47-48-49-50(43)35-13-2-1-3-14-35/h1-7,9-16,19-24,36,39,42,51H,8,17-18,25-28,44H2,(H,45,52)(H,46,53). The second-order valence-electron chi connectivity index (χ2n) is 13.5. The first-order chi connectivity index (χ1) is 27.4. The number of carbonyl (C=O) groups is 2. The van der Waals surface area contributed by atoms with Gasteiger partial charge in [0.1, 0.15) is 0 Å². The zero-order valence-electron chi connectivity index (χ0n) is 30.7. The Bertz CT molecular complexity index is 2230. The van der Waals surface area contributed by atoms with Gasteiger partial charge in [0.25, 0.3) is 0 Å². The van der Waals surface area contributed by atoms with E-state index >= 15 is 0 Å². The summed E-state index contributed by atoms with van der Waals surface area (Å²) in [5, 5.41) is 28.4. The number of carbonyl (C=O) groups excluding carboxylic acids is 2. The number of nitrogens with one attached hydrogen (secondary N) is 2. The number of nitrogens with zero attached hydrogens (tertiary/aromatic N) is 4. The smallest absolute Gasteiger partial charge is 0.224 e. The number of rotatable bonds is 15. The van der Waals surface area contributed by atoms with Crippen molar-refractivity contribution in [1.82, 2.24) is 25.5 Å². The molecule has 12 nitrogen and oxygen atoms in total. The number of tetrazole rings is 1. The number of aliphatic hydroxyl groups excluding tert-OH is 1. The van der Waals surface area contributed by atoms with Gasteiger partial charge in [-0.25, -0.2) is 0 Å². The van der Waals surface area contributed by atoms with Crippen LogP contribution in [0.1, 0.15) is 60.3 Å². The van der Waals surface area contributed by atoms with Crippen LogP contribution in [0.3, 0.4) is 0 Å². The fourth-order valence-corrected chi connectivity index (χ4v) is 7.35. The third kappa shape index (κ3) is 10.1. The van der Waals surface area contributed by atoms with E-state index in [1.54, 1.807) is 28.9 Å². The van der Waals surface area contributed by atoms with E-state index < -0.39 is 6.29 Å². The Morgan fingerprint density at radius 1 is 0.804 bits per heavy atom. The number of aliphatic hydroxyl groups is 1. The van der Waals surface area contributed by atoms with Crippen LogP contribution in [0, 0.1) is 0 Å². The van der Waals surface area contributed by atoms with Gasteiger partial charge < -0.3 is 30.9 Å². The average molecular weight is 770 g/mol. The van der Waals surface area contributed by atoms with Gasteiger partial charge >= 0.3 is 0 Å². The summed E-state index contributed by atoms with van der Waals surface area (Å²) in [6.07, 6.45) is 0.419. The Labute approximate surface area is 329 Å². The number of aromatic nitrogens is 4. The summed E-state index contributed by atoms with van der Waals surface area (Å²) in [5.74, 6) is 0.292. The molecule has 13 heteroatoms. The number of hydrogen-bond acceptors (Lipinski definition) is 10. The molecular weight excluding hydrogens is 727 g/mol. The highest BCUT2D eigenvalue weighted by molar-refractivity contribution is 7.99. The Hall–Kier alpha value is -5.86. The number of benzene rings is 5. The molecule has 5 N–H and O–H groups in total. The number of nitrogens with two attached hydrogens (primary N) is 1. The maximum atomic E-state index is 12.7. The van der Waals surface area contributed by atoms with Gasteiger partial charge in [-0.05, 0) is 81.1 Å². The molecule has 6 aromatic rings. The van der Waals surface area contributed by atoms with E-state index in [-0.39, 0.29) is 43.5 Å². The maximum Gasteiger partial charge on any atom is 0.224 e. The summed E-state index contributed by atoms with van der Waals surface area (Å²) >= 11 is 1.53. The number of para-hydroxylation sites is 3. The van der Waals surface area contributed by atoms with E-state index in [2.05, 4.69) is 38.3 Å². The van der Waals surface area contributed by atoms with E-state index in [1.165, 1.54) is 11.8 Å². The third-order valence-electron chi connectivity index (χ3n) is 9.41. The van der Waals surface area contributed by atoms with Crippen LogP contribution < -0.4 is 16.4 Å². The van der Waals surface area contributed by atoms with E-state index in [1.807, 2.05) is 91.0 Å². The molecule has 0 radical (unpaired) electrons. The van der Waals surface area contributed by atoms with Crippen LogP contribution >= 0.6 is 11.8 Å². The molecule has 3 atom stereocenters. The summed E-state index contributed by atoms with van der Waals surface area (Å²) < 4.78 is 15.0. The maximum absolute atomic E-state index is 12.7. The Balaban J connectivity index is 0.994. The summed E-state index contributed by atoms with van der Waals surface area (Å²) in [4.78, 5) is 25.0. The molecule has 7 rings (SSSR count). The molecular formula is C43H43N7O5S. The van der Waals surface area contributed by atoms with Crippen LogP contribution in [0.5, 0.6) is 0 Å². The van der Waals surface area contributed by atoms with Crippen molar-refractivity contribution in [1.29, 1.82) is 0 Å². The lowest BCUT2D eigenvalue weighted by molar-refractivity contribution is -0.245. The van der Waals surface area contributed by atoms with Gasteiger partial charge in [-0.1, -0.05) is 103 Å². The molecule has 286 valence electrons. The first-order valence-electron chi connectivity index (χ1n) is 18.5. The predicted octanol–water partition coefficient (Wildman–Crippen LogP) is 7.17. The van der Waals surface area contributed by atoms with Crippen LogP contribution in [0.2, 0.25) is 0 Å². The number of anilines is 2. The van der Waals surface area contributed by atoms with Gasteiger partial charge in [-0.2, -0.15) is 4.68 Å². The normalized spacial score (nSPS) is 16.6. The minimum atomic E-state index is -0.642. The highest BCUT2D eigenvalue weighted by Crippen LogP contribution is 2.40. The van der Waals surface area contributed by atoms with Crippen molar-refractivity contribution >= 4 is 35.0 Å². The molecule has 0 saturated carbocycles. The molecule has 0 bridgehead atoms. The zero-order valence-corrected chi connectivity index (χ0v) is 31.5. The highest BCUT2D eigenvalue weighted by Gasteiger charge is 2.33. The minimum Gasteiger partial charge on any atom is -0.397 e. The lowest BCUT2D eigenvalue weighted by Gasteiger charge is -2.36. The molecule has 0 spiro atoms. The monoisotopic (exact) mass is 769 g/mol. The average Bonchev–Trinajstić information content (AvgIpc) is 3.72. The number of hydrogen-bond donors (Lipinski definition) is 4. The van der Waals surface area contributed by atoms with E-state index in [0.717, 1.165) is 39.1 Å².